The van der Waals surface area contributed by atoms with Crippen molar-refractivity contribution < 1.29 is 17.6 Å². The first-order valence-electron chi connectivity index (χ1n) is 5.33. The first-order valence-corrected chi connectivity index (χ1v) is 5.71. The van der Waals surface area contributed by atoms with Gasteiger partial charge in [0.1, 0.15) is 17.5 Å². The summed E-state index contributed by atoms with van der Waals surface area (Å²) in [5, 5.41) is 2.41. The standard InChI is InChI=1S/C12H8ClF4N3/c13-7-2-1-3-8(14)11(7)20-10-5-6(12(15,16)17)4-9(18)19-10/h1-5H,(H3,18,19,20). The molecule has 0 aliphatic carbocycles. The van der Waals surface area contributed by atoms with E-state index in [0.717, 1.165) is 12.1 Å². The molecule has 0 saturated carbocycles. The van der Waals surface area contributed by atoms with E-state index in [1.54, 1.807) is 0 Å². The van der Waals surface area contributed by atoms with Gasteiger partial charge in [0.05, 0.1) is 16.3 Å². The molecule has 1 aromatic carbocycles. The first-order chi connectivity index (χ1) is 9.27. The maximum Gasteiger partial charge on any atom is 0.416 e. The van der Waals surface area contributed by atoms with Crippen LogP contribution in [0.3, 0.4) is 0 Å². The molecule has 0 aliphatic heterocycles. The van der Waals surface area contributed by atoms with E-state index in [1.165, 1.54) is 12.1 Å². The number of anilines is 3. The van der Waals surface area contributed by atoms with Crippen LogP contribution in [0.25, 0.3) is 0 Å². The second-order valence-corrected chi connectivity index (χ2v) is 4.29. The van der Waals surface area contributed by atoms with E-state index < -0.39 is 17.6 Å². The van der Waals surface area contributed by atoms with Crippen molar-refractivity contribution in [2.75, 3.05) is 11.1 Å². The number of para-hydroxylation sites is 1. The Labute approximate surface area is 116 Å². The Morgan fingerprint density at radius 2 is 1.90 bits per heavy atom. The van der Waals surface area contributed by atoms with Crippen LogP contribution in [0.4, 0.5) is 34.9 Å². The lowest BCUT2D eigenvalue weighted by Crippen LogP contribution is -2.08. The van der Waals surface area contributed by atoms with Gasteiger partial charge in [-0.1, -0.05) is 17.7 Å². The van der Waals surface area contributed by atoms with Crippen molar-refractivity contribution >= 4 is 28.9 Å². The number of nitrogens with zero attached hydrogens (tertiary/aromatic N) is 1. The minimum Gasteiger partial charge on any atom is -0.384 e. The van der Waals surface area contributed by atoms with Gasteiger partial charge in [-0.15, -0.1) is 0 Å². The Kier molecular flexibility index (Phi) is 3.71. The SMILES string of the molecule is Nc1cc(C(F)(F)F)cc(Nc2c(F)cccc2Cl)n1. The summed E-state index contributed by atoms with van der Waals surface area (Å²) in [5.74, 6) is -1.30. The third kappa shape index (κ3) is 3.11. The topological polar surface area (TPSA) is 50.9 Å². The fourth-order valence-electron chi connectivity index (χ4n) is 1.52. The normalized spacial score (nSPS) is 11.4. The molecule has 0 bridgehead atoms. The fraction of sp³-hybridized carbons (Fsp3) is 0.0833. The number of nitrogen functional groups attached to an aromatic ring is 1. The van der Waals surface area contributed by atoms with Gasteiger partial charge in [-0.2, -0.15) is 13.2 Å². The average Bonchev–Trinajstić information content (AvgIpc) is 2.32. The van der Waals surface area contributed by atoms with Crippen LogP contribution >= 0.6 is 11.6 Å². The maximum absolute atomic E-state index is 13.5. The summed E-state index contributed by atoms with van der Waals surface area (Å²) >= 11 is 5.77. The third-order valence-corrected chi connectivity index (χ3v) is 2.70. The van der Waals surface area contributed by atoms with Crippen LogP contribution in [0.5, 0.6) is 0 Å². The van der Waals surface area contributed by atoms with E-state index in [1.807, 2.05) is 0 Å². The van der Waals surface area contributed by atoms with Gasteiger partial charge >= 0.3 is 6.18 Å². The number of hydrogen-bond donors (Lipinski definition) is 2. The molecule has 1 aromatic heterocycles. The van der Waals surface area contributed by atoms with Crippen LogP contribution in [0.15, 0.2) is 30.3 Å². The lowest BCUT2D eigenvalue weighted by molar-refractivity contribution is -0.137. The highest BCUT2D eigenvalue weighted by Gasteiger charge is 2.31. The highest BCUT2D eigenvalue weighted by Crippen LogP contribution is 2.33. The summed E-state index contributed by atoms with van der Waals surface area (Å²) in [6.07, 6.45) is -4.58. The van der Waals surface area contributed by atoms with Gasteiger partial charge in [0.25, 0.3) is 0 Å². The van der Waals surface area contributed by atoms with E-state index >= 15 is 0 Å². The predicted molar refractivity (Wildman–Crippen MR) is 68.3 cm³/mol. The molecule has 2 aromatic rings. The van der Waals surface area contributed by atoms with Gasteiger partial charge in [0, 0.05) is 0 Å². The zero-order valence-corrected chi connectivity index (χ0v) is 10.6. The first kappa shape index (κ1) is 14.4. The molecule has 0 atom stereocenters. The summed E-state index contributed by atoms with van der Waals surface area (Å²) in [7, 11) is 0. The lowest BCUT2D eigenvalue weighted by atomic mass is 10.2. The molecule has 1 heterocycles. The van der Waals surface area contributed by atoms with Crippen molar-refractivity contribution in [3.8, 4) is 0 Å². The summed E-state index contributed by atoms with van der Waals surface area (Å²) in [4.78, 5) is 3.67. The third-order valence-electron chi connectivity index (χ3n) is 2.39. The Bertz CT molecular complexity index is 623. The van der Waals surface area contributed by atoms with Crippen molar-refractivity contribution in [2.24, 2.45) is 0 Å². The highest BCUT2D eigenvalue weighted by atomic mass is 35.5. The van der Waals surface area contributed by atoms with Gasteiger partial charge in [0.2, 0.25) is 0 Å². The number of alkyl halides is 3. The van der Waals surface area contributed by atoms with Crippen molar-refractivity contribution in [1.82, 2.24) is 4.98 Å². The summed E-state index contributed by atoms with van der Waals surface area (Å²) in [5.41, 5.74) is 4.16. The molecule has 3 nitrogen and oxygen atoms in total. The molecule has 3 N–H and O–H groups in total. The second kappa shape index (κ2) is 5.16. The molecule has 106 valence electrons. The largest absolute Gasteiger partial charge is 0.416 e. The molecule has 0 saturated heterocycles. The Morgan fingerprint density at radius 3 is 2.50 bits per heavy atom. The minimum atomic E-state index is -4.58. The van der Waals surface area contributed by atoms with E-state index in [9.17, 15) is 17.6 Å². The van der Waals surface area contributed by atoms with E-state index in [-0.39, 0.29) is 22.3 Å². The second-order valence-electron chi connectivity index (χ2n) is 3.89. The number of pyridine rings is 1. The van der Waals surface area contributed by atoms with E-state index in [0.29, 0.717) is 6.07 Å². The number of nitrogens with one attached hydrogen (secondary N) is 1. The van der Waals surface area contributed by atoms with Crippen LogP contribution in [-0.4, -0.2) is 4.98 Å². The van der Waals surface area contributed by atoms with Crippen molar-refractivity contribution in [3.63, 3.8) is 0 Å². The molecule has 20 heavy (non-hydrogen) atoms. The quantitative estimate of drug-likeness (QED) is 0.817. The summed E-state index contributed by atoms with van der Waals surface area (Å²) < 4.78 is 51.4. The minimum absolute atomic E-state index is 0.0165. The van der Waals surface area contributed by atoms with Crippen LogP contribution < -0.4 is 11.1 Å². The number of benzene rings is 1. The zero-order valence-electron chi connectivity index (χ0n) is 9.80. The number of halogens is 5. The molecule has 0 fully saturated rings. The fourth-order valence-corrected chi connectivity index (χ4v) is 1.74. The monoisotopic (exact) mass is 305 g/mol. The van der Waals surface area contributed by atoms with Gasteiger partial charge in [-0.3, -0.25) is 0 Å². The maximum atomic E-state index is 13.5. The molecule has 8 heteroatoms. The van der Waals surface area contributed by atoms with Gasteiger partial charge in [-0.05, 0) is 24.3 Å². The summed E-state index contributed by atoms with van der Waals surface area (Å²) in [6.45, 7) is 0. The van der Waals surface area contributed by atoms with Gasteiger partial charge < -0.3 is 11.1 Å². The average molecular weight is 306 g/mol. The lowest BCUT2D eigenvalue weighted by Gasteiger charge is -2.12. The molecule has 0 amide bonds. The molecular formula is C12H8ClF4N3. The molecule has 0 unspecified atom stereocenters. The molecule has 0 aliphatic rings. The van der Waals surface area contributed by atoms with Crippen LogP contribution in [0.1, 0.15) is 5.56 Å². The van der Waals surface area contributed by atoms with Crippen molar-refractivity contribution in [2.45, 2.75) is 6.18 Å². The van der Waals surface area contributed by atoms with Gasteiger partial charge in [-0.25, -0.2) is 9.37 Å². The predicted octanol–water partition coefficient (Wildman–Crippen LogP) is 4.22. The molecule has 0 radical (unpaired) electrons. The molecule has 0 spiro atoms. The Morgan fingerprint density at radius 1 is 1.20 bits per heavy atom. The summed E-state index contributed by atoms with van der Waals surface area (Å²) in [6, 6.07) is 5.29. The van der Waals surface area contributed by atoms with Crippen LogP contribution in [0, 0.1) is 5.82 Å². The zero-order chi connectivity index (χ0) is 14.9. The van der Waals surface area contributed by atoms with Crippen LogP contribution in [-0.2, 0) is 6.18 Å². The molecule has 2 rings (SSSR count). The van der Waals surface area contributed by atoms with E-state index in [2.05, 4.69) is 10.3 Å². The van der Waals surface area contributed by atoms with E-state index in [4.69, 9.17) is 17.3 Å². The Hall–Kier alpha value is -2.02. The Balaban J connectivity index is 2.42. The van der Waals surface area contributed by atoms with Gasteiger partial charge in [0.15, 0.2) is 0 Å². The molecular weight excluding hydrogens is 298 g/mol. The van der Waals surface area contributed by atoms with Crippen LogP contribution in [0.2, 0.25) is 5.02 Å². The van der Waals surface area contributed by atoms with Crippen molar-refractivity contribution in [3.05, 3.63) is 46.7 Å². The highest BCUT2D eigenvalue weighted by molar-refractivity contribution is 6.33. The number of aromatic nitrogens is 1. The van der Waals surface area contributed by atoms with Crippen molar-refractivity contribution in [1.29, 1.82) is 0 Å². The number of hydrogen-bond acceptors (Lipinski definition) is 3. The smallest absolute Gasteiger partial charge is 0.384 e. The number of rotatable bonds is 2. The number of nitrogens with two attached hydrogens (primary N) is 1.